The fraction of sp³-hybridized carbons (Fsp3) is 0.143. The first kappa shape index (κ1) is 7.44. The molecule has 0 spiro atoms. The highest BCUT2D eigenvalue weighted by molar-refractivity contribution is 7.93. The molecule has 3 N–H and O–H groups in total. The summed E-state index contributed by atoms with van der Waals surface area (Å²) in [7, 11) is 0. The Bertz CT molecular complexity index is 237. The third kappa shape index (κ3) is 1.43. The summed E-state index contributed by atoms with van der Waals surface area (Å²) in [5.74, 6) is 0. The lowest BCUT2D eigenvalue weighted by Gasteiger charge is -2.00. The van der Waals surface area contributed by atoms with Gasteiger partial charge in [-0.2, -0.15) is 0 Å². The van der Waals surface area contributed by atoms with Crippen molar-refractivity contribution in [2.24, 2.45) is 0 Å². The Kier molecular flexibility index (Phi) is 2.19. The SMILES string of the molecule is Cc1cc(N)ccc1SO. The molecule has 0 amide bonds. The number of benzene rings is 1. The van der Waals surface area contributed by atoms with E-state index in [4.69, 9.17) is 10.3 Å². The quantitative estimate of drug-likeness (QED) is 0.482. The van der Waals surface area contributed by atoms with Crippen LogP contribution in [0.25, 0.3) is 0 Å². The summed E-state index contributed by atoms with van der Waals surface area (Å²) >= 11 is 0.749. The van der Waals surface area contributed by atoms with Gasteiger partial charge in [-0.15, -0.1) is 0 Å². The Hall–Kier alpha value is -0.670. The first-order chi connectivity index (χ1) is 4.74. The molecule has 0 saturated carbocycles. The molecule has 1 aromatic carbocycles. The monoisotopic (exact) mass is 155 g/mol. The summed E-state index contributed by atoms with van der Waals surface area (Å²) in [5, 5.41) is 0. The van der Waals surface area contributed by atoms with Gasteiger partial charge in [-0.25, -0.2) is 0 Å². The standard InChI is InChI=1S/C7H9NOS/c1-5-4-6(8)2-3-7(5)10-9/h2-4,9H,8H2,1H3. The fourth-order valence-electron chi connectivity index (χ4n) is 0.775. The van der Waals surface area contributed by atoms with E-state index in [1.807, 2.05) is 13.0 Å². The Morgan fingerprint density at radius 1 is 1.50 bits per heavy atom. The maximum atomic E-state index is 8.69. The number of rotatable bonds is 1. The summed E-state index contributed by atoms with van der Waals surface area (Å²) in [6.45, 7) is 1.91. The van der Waals surface area contributed by atoms with Crippen molar-refractivity contribution in [3.8, 4) is 0 Å². The van der Waals surface area contributed by atoms with Gasteiger partial charge < -0.3 is 10.3 Å². The second-order valence-corrected chi connectivity index (χ2v) is 2.74. The first-order valence-corrected chi connectivity index (χ1v) is 3.69. The van der Waals surface area contributed by atoms with E-state index < -0.39 is 0 Å². The van der Waals surface area contributed by atoms with E-state index in [0.717, 1.165) is 28.2 Å². The van der Waals surface area contributed by atoms with Crippen molar-refractivity contribution in [2.75, 3.05) is 5.73 Å². The molecule has 0 aliphatic carbocycles. The van der Waals surface area contributed by atoms with Gasteiger partial charge in [0.15, 0.2) is 0 Å². The van der Waals surface area contributed by atoms with Crippen molar-refractivity contribution in [2.45, 2.75) is 11.8 Å². The molecular weight excluding hydrogens is 146 g/mol. The van der Waals surface area contributed by atoms with Crippen LogP contribution in [0.3, 0.4) is 0 Å². The van der Waals surface area contributed by atoms with Gasteiger partial charge in [-0.1, -0.05) is 0 Å². The highest BCUT2D eigenvalue weighted by Crippen LogP contribution is 2.20. The van der Waals surface area contributed by atoms with Gasteiger partial charge in [0.25, 0.3) is 0 Å². The summed E-state index contributed by atoms with van der Waals surface area (Å²) in [5.41, 5.74) is 7.23. The molecule has 54 valence electrons. The van der Waals surface area contributed by atoms with E-state index in [0.29, 0.717) is 0 Å². The minimum atomic E-state index is 0.732. The van der Waals surface area contributed by atoms with Crippen LogP contribution in [0.4, 0.5) is 5.69 Å². The van der Waals surface area contributed by atoms with Gasteiger partial charge in [0.2, 0.25) is 0 Å². The lowest BCUT2D eigenvalue weighted by atomic mass is 10.2. The molecule has 3 heteroatoms. The number of anilines is 1. The molecule has 0 radical (unpaired) electrons. The molecule has 1 aromatic rings. The molecule has 2 nitrogen and oxygen atoms in total. The molecule has 1 rings (SSSR count). The van der Waals surface area contributed by atoms with Crippen LogP contribution in [0.2, 0.25) is 0 Å². The lowest BCUT2D eigenvalue weighted by molar-refractivity contribution is 0.663. The van der Waals surface area contributed by atoms with Gasteiger partial charge in [0.05, 0.1) is 0 Å². The lowest BCUT2D eigenvalue weighted by Crippen LogP contribution is -1.86. The molecule has 0 unspecified atom stereocenters. The summed E-state index contributed by atoms with van der Waals surface area (Å²) in [6.07, 6.45) is 0. The summed E-state index contributed by atoms with van der Waals surface area (Å²) in [6, 6.07) is 5.40. The van der Waals surface area contributed by atoms with Crippen LogP contribution in [-0.2, 0) is 0 Å². The zero-order valence-corrected chi connectivity index (χ0v) is 6.48. The van der Waals surface area contributed by atoms with Crippen LogP contribution in [0.15, 0.2) is 23.1 Å². The molecule has 0 atom stereocenters. The minimum absolute atomic E-state index is 0.732. The van der Waals surface area contributed by atoms with Crippen LogP contribution < -0.4 is 5.73 Å². The number of aryl methyl sites for hydroxylation is 1. The predicted molar refractivity (Wildman–Crippen MR) is 44.1 cm³/mol. The van der Waals surface area contributed by atoms with Crippen molar-refractivity contribution < 1.29 is 4.55 Å². The summed E-state index contributed by atoms with van der Waals surface area (Å²) < 4.78 is 8.69. The highest BCUT2D eigenvalue weighted by atomic mass is 32.2. The Morgan fingerprint density at radius 3 is 2.70 bits per heavy atom. The fourth-order valence-corrected chi connectivity index (χ4v) is 1.11. The Labute approximate surface area is 64.3 Å². The molecule has 0 fully saturated rings. The van der Waals surface area contributed by atoms with Gasteiger partial charge in [0, 0.05) is 22.6 Å². The Balaban J connectivity index is 3.07. The number of hydrogen-bond acceptors (Lipinski definition) is 3. The Morgan fingerprint density at radius 2 is 2.20 bits per heavy atom. The van der Waals surface area contributed by atoms with Gasteiger partial charge in [-0.3, -0.25) is 0 Å². The molecule has 0 bridgehead atoms. The maximum Gasteiger partial charge on any atom is 0.0381 e. The zero-order valence-electron chi connectivity index (χ0n) is 5.66. The molecule has 0 aliphatic heterocycles. The van der Waals surface area contributed by atoms with Crippen molar-refractivity contribution >= 4 is 17.7 Å². The number of hydrogen-bond donors (Lipinski definition) is 2. The smallest absolute Gasteiger partial charge is 0.0381 e. The van der Waals surface area contributed by atoms with E-state index in [1.165, 1.54) is 0 Å². The van der Waals surface area contributed by atoms with Gasteiger partial charge in [-0.05, 0) is 30.7 Å². The molecule has 0 heterocycles. The number of nitrogen functional groups attached to an aromatic ring is 1. The van der Waals surface area contributed by atoms with Crippen molar-refractivity contribution in [1.29, 1.82) is 0 Å². The van der Waals surface area contributed by atoms with E-state index >= 15 is 0 Å². The topological polar surface area (TPSA) is 46.2 Å². The minimum Gasteiger partial charge on any atom is -0.399 e. The van der Waals surface area contributed by atoms with Gasteiger partial charge >= 0.3 is 0 Å². The van der Waals surface area contributed by atoms with Crippen LogP contribution in [-0.4, -0.2) is 4.55 Å². The van der Waals surface area contributed by atoms with Crippen molar-refractivity contribution in [3.63, 3.8) is 0 Å². The normalized spacial score (nSPS) is 9.80. The largest absolute Gasteiger partial charge is 0.399 e. The average Bonchev–Trinajstić information content (AvgIpc) is 1.88. The molecular formula is C7H9NOS. The van der Waals surface area contributed by atoms with E-state index in [-0.39, 0.29) is 0 Å². The highest BCUT2D eigenvalue weighted by Gasteiger charge is 1.95. The van der Waals surface area contributed by atoms with Crippen molar-refractivity contribution in [1.82, 2.24) is 0 Å². The predicted octanol–water partition coefficient (Wildman–Crippen LogP) is 2.14. The van der Waals surface area contributed by atoms with E-state index in [9.17, 15) is 0 Å². The maximum absolute atomic E-state index is 8.69. The third-order valence-electron chi connectivity index (χ3n) is 1.30. The van der Waals surface area contributed by atoms with Crippen LogP contribution in [0.5, 0.6) is 0 Å². The molecule has 0 saturated heterocycles. The zero-order chi connectivity index (χ0) is 7.56. The van der Waals surface area contributed by atoms with Crippen LogP contribution in [0.1, 0.15) is 5.56 Å². The van der Waals surface area contributed by atoms with Crippen LogP contribution >= 0.6 is 12.0 Å². The van der Waals surface area contributed by atoms with E-state index in [1.54, 1.807) is 12.1 Å². The van der Waals surface area contributed by atoms with Crippen molar-refractivity contribution in [3.05, 3.63) is 23.8 Å². The summed E-state index contributed by atoms with van der Waals surface area (Å²) in [4.78, 5) is 0.856. The first-order valence-electron chi connectivity index (χ1n) is 2.91. The molecule has 10 heavy (non-hydrogen) atoms. The molecule has 0 aliphatic rings. The second-order valence-electron chi connectivity index (χ2n) is 2.12. The molecule has 0 aromatic heterocycles. The second kappa shape index (κ2) is 2.94. The van der Waals surface area contributed by atoms with Gasteiger partial charge in [0.1, 0.15) is 0 Å². The third-order valence-corrected chi connectivity index (χ3v) is 1.95. The van der Waals surface area contributed by atoms with Crippen LogP contribution in [0, 0.1) is 6.92 Å². The number of nitrogens with two attached hydrogens (primary N) is 1. The average molecular weight is 155 g/mol. The van der Waals surface area contributed by atoms with E-state index in [2.05, 4.69) is 0 Å².